The molecule has 2 rings (SSSR count). The Morgan fingerprint density at radius 3 is 2.77 bits per heavy atom. The van der Waals surface area contributed by atoms with Crippen LogP contribution in [-0.4, -0.2) is 25.3 Å². The van der Waals surface area contributed by atoms with Crippen molar-refractivity contribution in [1.82, 2.24) is 5.32 Å². The summed E-state index contributed by atoms with van der Waals surface area (Å²) in [6.07, 6.45) is 5.31. The van der Waals surface area contributed by atoms with Gasteiger partial charge in [0.2, 0.25) is 0 Å². The highest BCUT2D eigenvalue weighted by Crippen LogP contribution is 2.48. The maximum Gasteiger partial charge on any atom is 0.0619 e. The molecule has 1 saturated carbocycles. The lowest BCUT2D eigenvalue weighted by atomic mass is 9.99. The molecule has 1 heterocycles. The summed E-state index contributed by atoms with van der Waals surface area (Å²) in [4.78, 5) is 0. The van der Waals surface area contributed by atoms with E-state index in [1.807, 2.05) is 0 Å². The number of hydrogen-bond acceptors (Lipinski definition) is 2. The molecule has 2 aliphatic rings. The summed E-state index contributed by atoms with van der Waals surface area (Å²) in [5.41, 5.74) is 0.595. The van der Waals surface area contributed by atoms with E-state index < -0.39 is 0 Å². The van der Waals surface area contributed by atoms with E-state index in [1.54, 1.807) is 0 Å². The second-order valence-corrected chi connectivity index (χ2v) is 4.96. The van der Waals surface area contributed by atoms with Crippen LogP contribution in [0.5, 0.6) is 0 Å². The van der Waals surface area contributed by atoms with Crippen LogP contribution < -0.4 is 5.32 Å². The highest BCUT2D eigenvalue weighted by Gasteiger charge is 2.42. The number of nitrogens with one attached hydrogen (secondary N) is 1. The van der Waals surface area contributed by atoms with Crippen LogP contribution in [0.3, 0.4) is 0 Å². The van der Waals surface area contributed by atoms with Crippen molar-refractivity contribution in [2.75, 3.05) is 13.2 Å². The molecule has 0 radical (unpaired) electrons. The lowest BCUT2D eigenvalue weighted by Crippen LogP contribution is -2.45. The molecule has 1 saturated heterocycles. The van der Waals surface area contributed by atoms with Crippen molar-refractivity contribution in [3.05, 3.63) is 0 Å². The molecule has 0 aromatic heterocycles. The van der Waals surface area contributed by atoms with Crippen molar-refractivity contribution in [1.29, 1.82) is 0 Å². The first-order valence-electron chi connectivity index (χ1n) is 5.54. The predicted molar refractivity (Wildman–Crippen MR) is 53.8 cm³/mol. The Morgan fingerprint density at radius 1 is 1.46 bits per heavy atom. The first-order chi connectivity index (χ1) is 6.21. The standard InChI is InChI=1S/C11H21NO/c1-9(11(2)5-6-11)12-10-4-3-7-13-8-10/h9-10,12H,3-8H2,1-2H3/t9?,10-/m1/s1. The predicted octanol–water partition coefficient (Wildman–Crippen LogP) is 1.94. The van der Waals surface area contributed by atoms with Gasteiger partial charge < -0.3 is 10.1 Å². The van der Waals surface area contributed by atoms with Gasteiger partial charge >= 0.3 is 0 Å². The fourth-order valence-electron chi connectivity index (χ4n) is 2.06. The fourth-order valence-corrected chi connectivity index (χ4v) is 2.06. The van der Waals surface area contributed by atoms with Gasteiger partial charge in [-0.2, -0.15) is 0 Å². The molecule has 76 valence electrons. The van der Waals surface area contributed by atoms with E-state index in [0.29, 0.717) is 17.5 Å². The van der Waals surface area contributed by atoms with Crippen LogP contribution in [0.25, 0.3) is 0 Å². The van der Waals surface area contributed by atoms with Gasteiger partial charge in [0.1, 0.15) is 0 Å². The minimum absolute atomic E-state index is 0.595. The Balaban J connectivity index is 1.76. The molecule has 2 fully saturated rings. The summed E-state index contributed by atoms with van der Waals surface area (Å²) in [6, 6.07) is 1.28. The molecular weight excluding hydrogens is 162 g/mol. The number of ether oxygens (including phenoxy) is 1. The van der Waals surface area contributed by atoms with Crippen molar-refractivity contribution in [2.45, 2.75) is 51.6 Å². The molecule has 0 bridgehead atoms. The summed E-state index contributed by atoms with van der Waals surface area (Å²) in [7, 11) is 0. The maximum absolute atomic E-state index is 5.45. The molecular formula is C11H21NO. The quantitative estimate of drug-likeness (QED) is 0.722. The average molecular weight is 183 g/mol. The Kier molecular flexibility index (Phi) is 2.61. The zero-order chi connectivity index (χ0) is 9.31. The van der Waals surface area contributed by atoms with Crippen LogP contribution in [0, 0.1) is 5.41 Å². The smallest absolute Gasteiger partial charge is 0.0619 e. The average Bonchev–Trinajstić information content (AvgIpc) is 2.87. The topological polar surface area (TPSA) is 21.3 Å². The van der Waals surface area contributed by atoms with Crippen LogP contribution in [0.15, 0.2) is 0 Å². The third-order valence-corrected chi connectivity index (χ3v) is 3.73. The van der Waals surface area contributed by atoms with E-state index in [2.05, 4.69) is 19.2 Å². The molecule has 0 spiro atoms. The summed E-state index contributed by atoms with van der Waals surface area (Å²) in [5.74, 6) is 0. The van der Waals surface area contributed by atoms with Gasteiger partial charge in [0.25, 0.3) is 0 Å². The van der Waals surface area contributed by atoms with Gasteiger partial charge in [-0.05, 0) is 38.0 Å². The van der Waals surface area contributed by atoms with E-state index in [-0.39, 0.29) is 0 Å². The second-order valence-electron chi connectivity index (χ2n) is 4.96. The first-order valence-corrected chi connectivity index (χ1v) is 5.54. The molecule has 1 aliphatic heterocycles. The number of rotatable bonds is 3. The first kappa shape index (κ1) is 9.47. The van der Waals surface area contributed by atoms with Crippen LogP contribution in [0.2, 0.25) is 0 Å². The van der Waals surface area contributed by atoms with Gasteiger partial charge in [-0.25, -0.2) is 0 Å². The van der Waals surface area contributed by atoms with E-state index in [0.717, 1.165) is 13.2 Å². The summed E-state index contributed by atoms with van der Waals surface area (Å²) < 4.78 is 5.45. The van der Waals surface area contributed by atoms with Crippen LogP contribution in [-0.2, 0) is 4.74 Å². The molecule has 1 unspecified atom stereocenters. The maximum atomic E-state index is 5.45. The van der Waals surface area contributed by atoms with Crippen molar-refractivity contribution in [2.24, 2.45) is 5.41 Å². The summed E-state index contributed by atoms with van der Waals surface area (Å²) >= 11 is 0. The second kappa shape index (κ2) is 3.58. The molecule has 2 nitrogen and oxygen atoms in total. The Bertz CT molecular complexity index is 171. The molecule has 0 aromatic rings. The Hall–Kier alpha value is -0.0800. The van der Waals surface area contributed by atoms with Crippen molar-refractivity contribution in [3.8, 4) is 0 Å². The van der Waals surface area contributed by atoms with Crippen molar-refractivity contribution in [3.63, 3.8) is 0 Å². The minimum Gasteiger partial charge on any atom is -0.380 e. The zero-order valence-electron chi connectivity index (χ0n) is 8.81. The van der Waals surface area contributed by atoms with Gasteiger partial charge in [0.05, 0.1) is 6.61 Å². The third-order valence-electron chi connectivity index (χ3n) is 3.73. The number of hydrogen-bond donors (Lipinski definition) is 1. The van der Waals surface area contributed by atoms with Crippen LogP contribution in [0.4, 0.5) is 0 Å². The highest BCUT2D eigenvalue weighted by molar-refractivity contribution is 4.97. The van der Waals surface area contributed by atoms with E-state index in [1.165, 1.54) is 25.7 Å². The fraction of sp³-hybridized carbons (Fsp3) is 1.00. The van der Waals surface area contributed by atoms with E-state index in [4.69, 9.17) is 4.74 Å². The summed E-state index contributed by atoms with van der Waals surface area (Å²) in [5, 5.41) is 3.70. The minimum atomic E-state index is 0.595. The highest BCUT2D eigenvalue weighted by atomic mass is 16.5. The largest absolute Gasteiger partial charge is 0.380 e. The molecule has 13 heavy (non-hydrogen) atoms. The monoisotopic (exact) mass is 183 g/mol. The summed E-state index contributed by atoms with van der Waals surface area (Å²) in [6.45, 7) is 6.58. The van der Waals surface area contributed by atoms with E-state index in [9.17, 15) is 0 Å². The van der Waals surface area contributed by atoms with E-state index >= 15 is 0 Å². The van der Waals surface area contributed by atoms with Gasteiger partial charge in [0, 0.05) is 18.7 Å². The molecule has 2 heteroatoms. The molecule has 2 atom stereocenters. The lowest BCUT2D eigenvalue weighted by molar-refractivity contribution is 0.0637. The van der Waals surface area contributed by atoms with Gasteiger partial charge in [0.15, 0.2) is 0 Å². The Morgan fingerprint density at radius 2 is 2.23 bits per heavy atom. The van der Waals surface area contributed by atoms with Gasteiger partial charge in [-0.1, -0.05) is 6.92 Å². The van der Waals surface area contributed by atoms with Crippen LogP contribution >= 0.6 is 0 Å². The Labute approximate surface area is 81.0 Å². The molecule has 1 aliphatic carbocycles. The molecule has 0 amide bonds. The van der Waals surface area contributed by atoms with Gasteiger partial charge in [-0.15, -0.1) is 0 Å². The van der Waals surface area contributed by atoms with Crippen LogP contribution in [0.1, 0.15) is 39.5 Å². The molecule has 0 aromatic carbocycles. The zero-order valence-corrected chi connectivity index (χ0v) is 8.81. The molecule has 1 N–H and O–H groups in total. The van der Waals surface area contributed by atoms with Gasteiger partial charge in [-0.3, -0.25) is 0 Å². The van der Waals surface area contributed by atoms with Crippen molar-refractivity contribution >= 4 is 0 Å². The lowest BCUT2D eigenvalue weighted by Gasteiger charge is -2.29. The van der Waals surface area contributed by atoms with Crippen molar-refractivity contribution < 1.29 is 4.74 Å². The normalized spacial score (nSPS) is 34.2. The SMILES string of the molecule is CC(N[C@@H]1CCCOC1)C1(C)CC1. The third kappa shape index (κ3) is 2.23.